The second kappa shape index (κ2) is 6.17. The first-order chi connectivity index (χ1) is 5.95. The molecule has 0 bridgehead atoms. The molecule has 3 N–H and O–H groups in total. The summed E-state index contributed by atoms with van der Waals surface area (Å²) in [6, 6.07) is 0. The molecule has 0 aliphatic carbocycles. The number of alkyl halides is 1. The molecule has 0 saturated heterocycles. The van der Waals surface area contributed by atoms with E-state index in [1.807, 2.05) is 0 Å². The Bertz CT molecular complexity index is 253. The largest absolute Gasteiger partial charge is 0.356 e. The molecule has 0 aromatic heterocycles. The number of sulfonamides is 1. The Hall–Kier alpha value is -0.330. The van der Waals surface area contributed by atoms with Crippen molar-refractivity contribution in [3.63, 3.8) is 0 Å². The highest BCUT2D eigenvalue weighted by atomic mass is 35.5. The maximum Gasteiger partial charge on any atom is 0.221 e. The van der Waals surface area contributed by atoms with Gasteiger partial charge in [-0.05, 0) is 6.42 Å². The molecule has 0 fully saturated rings. The van der Waals surface area contributed by atoms with Crippen LogP contribution in [0.15, 0.2) is 0 Å². The average Bonchev–Trinajstić information content (AvgIpc) is 1.97. The van der Waals surface area contributed by atoms with Crippen LogP contribution in [0.25, 0.3) is 0 Å². The molecule has 0 aliphatic heterocycles. The third-order valence-corrected chi connectivity index (χ3v) is 2.30. The standard InChI is InChI=1S/C6H13ClN2O3S/c7-3-2-6(10)9-4-1-5-13(8,11)12/h1-5H2,(H,9,10)(H2,8,11,12). The van der Waals surface area contributed by atoms with E-state index in [-0.39, 0.29) is 24.0 Å². The first kappa shape index (κ1) is 12.7. The highest BCUT2D eigenvalue weighted by molar-refractivity contribution is 7.89. The van der Waals surface area contributed by atoms with E-state index in [4.69, 9.17) is 16.7 Å². The monoisotopic (exact) mass is 228 g/mol. The SMILES string of the molecule is NS(=O)(=O)CCCNC(=O)CCCl. The summed E-state index contributed by atoms with van der Waals surface area (Å²) in [5.41, 5.74) is 0. The minimum absolute atomic E-state index is 0.117. The van der Waals surface area contributed by atoms with Crippen LogP contribution >= 0.6 is 11.6 Å². The number of carbonyl (C=O) groups is 1. The van der Waals surface area contributed by atoms with Crippen molar-refractivity contribution >= 4 is 27.5 Å². The second-order valence-electron chi connectivity index (χ2n) is 2.51. The summed E-state index contributed by atoms with van der Waals surface area (Å²) in [5.74, 6) is -0.0285. The lowest BCUT2D eigenvalue weighted by molar-refractivity contribution is -0.120. The van der Waals surface area contributed by atoms with Crippen molar-refractivity contribution in [1.29, 1.82) is 0 Å². The van der Waals surface area contributed by atoms with Gasteiger partial charge in [0.05, 0.1) is 5.75 Å². The second-order valence-corrected chi connectivity index (χ2v) is 4.62. The fraction of sp³-hybridized carbons (Fsp3) is 0.833. The van der Waals surface area contributed by atoms with Crippen molar-refractivity contribution in [1.82, 2.24) is 5.32 Å². The Balaban J connectivity index is 3.41. The summed E-state index contributed by atoms with van der Waals surface area (Å²) in [5, 5.41) is 7.26. The number of carbonyl (C=O) groups excluding carboxylic acids is 1. The molecule has 0 aromatic rings. The Morgan fingerprint density at radius 2 is 2.08 bits per heavy atom. The van der Waals surface area contributed by atoms with Gasteiger partial charge in [-0.25, -0.2) is 13.6 Å². The summed E-state index contributed by atoms with van der Waals surface area (Å²) in [6.45, 7) is 0.312. The number of halogens is 1. The van der Waals surface area contributed by atoms with Gasteiger partial charge in [0.15, 0.2) is 0 Å². The quantitative estimate of drug-likeness (QED) is 0.471. The van der Waals surface area contributed by atoms with Crippen molar-refractivity contribution in [2.75, 3.05) is 18.2 Å². The predicted molar refractivity (Wildman–Crippen MR) is 50.9 cm³/mol. The molecule has 0 aromatic carbocycles. The van der Waals surface area contributed by atoms with Crippen LogP contribution in [0.5, 0.6) is 0 Å². The van der Waals surface area contributed by atoms with Gasteiger partial charge in [-0.15, -0.1) is 11.6 Å². The zero-order valence-electron chi connectivity index (χ0n) is 7.12. The van der Waals surface area contributed by atoms with Gasteiger partial charge in [0, 0.05) is 18.8 Å². The average molecular weight is 229 g/mol. The van der Waals surface area contributed by atoms with Crippen LogP contribution in [0.4, 0.5) is 0 Å². The molecule has 0 aliphatic rings. The Morgan fingerprint density at radius 1 is 1.46 bits per heavy atom. The maximum atomic E-state index is 10.8. The molecule has 13 heavy (non-hydrogen) atoms. The van der Waals surface area contributed by atoms with Gasteiger partial charge in [-0.1, -0.05) is 0 Å². The Labute approximate surface area is 82.7 Å². The topological polar surface area (TPSA) is 89.3 Å². The van der Waals surface area contributed by atoms with Crippen LogP contribution in [-0.2, 0) is 14.8 Å². The maximum absolute atomic E-state index is 10.8. The van der Waals surface area contributed by atoms with Crippen LogP contribution in [0, 0.1) is 0 Å². The molecular weight excluding hydrogens is 216 g/mol. The molecule has 5 nitrogen and oxygen atoms in total. The van der Waals surface area contributed by atoms with Gasteiger partial charge in [-0.3, -0.25) is 4.79 Å². The van der Waals surface area contributed by atoms with E-state index in [1.54, 1.807) is 0 Å². The van der Waals surface area contributed by atoms with Crippen LogP contribution in [-0.4, -0.2) is 32.5 Å². The van der Waals surface area contributed by atoms with Crippen LogP contribution in [0.3, 0.4) is 0 Å². The van der Waals surface area contributed by atoms with Crippen LogP contribution < -0.4 is 10.5 Å². The fourth-order valence-electron chi connectivity index (χ4n) is 0.675. The number of nitrogens with two attached hydrogens (primary N) is 1. The van der Waals surface area contributed by atoms with Crippen LogP contribution in [0.2, 0.25) is 0 Å². The van der Waals surface area contributed by atoms with Gasteiger partial charge in [0.2, 0.25) is 15.9 Å². The first-order valence-electron chi connectivity index (χ1n) is 3.79. The smallest absolute Gasteiger partial charge is 0.221 e. The predicted octanol–water partition coefficient (Wildman–Crippen LogP) is -0.590. The van der Waals surface area contributed by atoms with Gasteiger partial charge < -0.3 is 5.32 Å². The summed E-state index contributed by atoms with van der Waals surface area (Å²) in [7, 11) is -3.41. The number of amides is 1. The molecule has 0 unspecified atom stereocenters. The number of hydrogen-bond donors (Lipinski definition) is 2. The van der Waals surface area contributed by atoms with Gasteiger partial charge in [0.25, 0.3) is 0 Å². The normalized spacial score (nSPS) is 11.2. The number of primary sulfonamides is 1. The van der Waals surface area contributed by atoms with Crippen molar-refractivity contribution in [2.24, 2.45) is 5.14 Å². The van der Waals surface area contributed by atoms with Crippen molar-refractivity contribution in [3.8, 4) is 0 Å². The summed E-state index contributed by atoms with van der Waals surface area (Å²) >= 11 is 5.31. The minimum atomic E-state index is -3.41. The molecule has 0 heterocycles. The molecule has 0 saturated carbocycles. The van der Waals surface area contributed by atoms with Crippen molar-refractivity contribution in [3.05, 3.63) is 0 Å². The molecule has 7 heteroatoms. The molecule has 0 atom stereocenters. The van der Waals surface area contributed by atoms with Crippen molar-refractivity contribution in [2.45, 2.75) is 12.8 Å². The van der Waals surface area contributed by atoms with Gasteiger partial charge in [-0.2, -0.15) is 0 Å². The fourth-order valence-corrected chi connectivity index (χ4v) is 1.39. The zero-order chi connectivity index (χ0) is 10.3. The number of nitrogens with one attached hydrogen (secondary N) is 1. The van der Waals surface area contributed by atoms with Gasteiger partial charge >= 0.3 is 0 Å². The highest BCUT2D eigenvalue weighted by Gasteiger charge is 2.03. The highest BCUT2D eigenvalue weighted by Crippen LogP contribution is 1.86. The zero-order valence-corrected chi connectivity index (χ0v) is 8.70. The van der Waals surface area contributed by atoms with E-state index in [2.05, 4.69) is 5.32 Å². The van der Waals surface area contributed by atoms with Crippen molar-refractivity contribution < 1.29 is 13.2 Å². The number of rotatable bonds is 6. The van der Waals surface area contributed by atoms with E-state index in [0.29, 0.717) is 13.0 Å². The molecule has 0 spiro atoms. The van der Waals surface area contributed by atoms with E-state index in [0.717, 1.165) is 0 Å². The Morgan fingerprint density at radius 3 is 2.54 bits per heavy atom. The molecule has 0 radical (unpaired) electrons. The molecule has 0 rings (SSSR count). The molecular formula is C6H13ClN2O3S. The van der Waals surface area contributed by atoms with E-state index in [9.17, 15) is 13.2 Å². The van der Waals surface area contributed by atoms with E-state index < -0.39 is 10.0 Å². The lowest BCUT2D eigenvalue weighted by Crippen LogP contribution is -2.27. The Kier molecular flexibility index (Phi) is 6.02. The number of hydrogen-bond acceptors (Lipinski definition) is 3. The molecule has 78 valence electrons. The van der Waals surface area contributed by atoms with E-state index >= 15 is 0 Å². The molecule has 1 amide bonds. The summed E-state index contributed by atoms with van der Waals surface area (Å²) < 4.78 is 20.9. The first-order valence-corrected chi connectivity index (χ1v) is 6.04. The lowest BCUT2D eigenvalue weighted by Gasteiger charge is -2.02. The third kappa shape index (κ3) is 9.59. The lowest BCUT2D eigenvalue weighted by atomic mass is 10.4. The van der Waals surface area contributed by atoms with E-state index in [1.165, 1.54) is 0 Å². The van der Waals surface area contributed by atoms with Crippen LogP contribution in [0.1, 0.15) is 12.8 Å². The summed E-state index contributed by atoms with van der Waals surface area (Å²) in [6.07, 6.45) is 0.573. The van der Waals surface area contributed by atoms with Gasteiger partial charge in [0.1, 0.15) is 0 Å². The minimum Gasteiger partial charge on any atom is -0.356 e. The summed E-state index contributed by atoms with van der Waals surface area (Å²) in [4.78, 5) is 10.8. The third-order valence-electron chi connectivity index (χ3n) is 1.25.